The molecule has 3 heterocycles. The normalized spacial score (nSPS) is 12.4. The second-order valence-corrected chi connectivity index (χ2v) is 14.1. The zero-order valence-corrected chi connectivity index (χ0v) is 33.1. The molecule has 0 atom stereocenters. The lowest BCUT2D eigenvalue weighted by molar-refractivity contribution is 0.667. The van der Waals surface area contributed by atoms with E-state index >= 15 is 0 Å². The first-order chi connectivity index (χ1) is 29.2. The van der Waals surface area contributed by atoms with Crippen LogP contribution in [0.3, 0.4) is 0 Å². The third-order valence-corrected chi connectivity index (χ3v) is 10.6. The summed E-state index contributed by atoms with van der Waals surface area (Å²) in [5.74, 6) is 0. The highest BCUT2D eigenvalue weighted by Gasteiger charge is 2.14. The number of allylic oxidation sites excluding steroid dienone is 6. The maximum Gasteiger partial charge on any atom is 0.143 e. The van der Waals surface area contributed by atoms with Gasteiger partial charge in [0, 0.05) is 50.0 Å². The van der Waals surface area contributed by atoms with Gasteiger partial charge in [-0.05, 0) is 76.5 Å². The fourth-order valence-electron chi connectivity index (χ4n) is 7.88. The Morgan fingerprint density at radius 2 is 1.05 bits per heavy atom. The summed E-state index contributed by atoms with van der Waals surface area (Å²) < 4.78 is 18.9. The lowest BCUT2D eigenvalue weighted by atomic mass is 9.98. The summed E-state index contributed by atoms with van der Waals surface area (Å²) in [7, 11) is 0. The van der Waals surface area contributed by atoms with E-state index < -0.39 is 0 Å². The van der Waals surface area contributed by atoms with E-state index in [0.29, 0.717) is 6.54 Å². The highest BCUT2D eigenvalue weighted by molar-refractivity contribution is 6.10. The third-order valence-electron chi connectivity index (χ3n) is 10.6. The van der Waals surface area contributed by atoms with Gasteiger partial charge in [0.15, 0.2) is 0 Å². The van der Waals surface area contributed by atoms with Crippen LogP contribution in [-0.4, -0.2) is 6.54 Å². The van der Waals surface area contributed by atoms with Gasteiger partial charge in [0.1, 0.15) is 33.5 Å². The van der Waals surface area contributed by atoms with Crippen LogP contribution in [0.15, 0.2) is 208 Å². The Morgan fingerprint density at radius 3 is 1.71 bits per heavy atom. The van der Waals surface area contributed by atoms with E-state index in [2.05, 4.69) is 145 Å². The SMILES string of the molecule is C=C/C=C(\C=C/NC/C=C(\C=C/c1cccc(-c2ccc3oc4ccccc4c3c2)c1)c1cccc2c1oc1ccccc12)c1cccc2c1oc1ccccc12.CC. The Kier molecular flexibility index (Phi) is 10.4. The van der Waals surface area contributed by atoms with Gasteiger partial charge in [0.2, 0.25) is 0 Å². The number of hydrogen-bond donors (Lipinski definition) is 1. The molecule has 0 aliphatic carbocycles. The van der Waals surface area contributed by atoms with Gasteiger partial charge in [0.25, 0.3) is 0 Å². The zero-order chi connectivity index (χ0) is 40.1. The van der Waals surface area contributed by atoms with E-state index in [1.54, 1.807) is 0 Å². The van der Waals surface area contributed by atoms with Crippen molar-refractivity contribution in [1.29, 1.82) is 0 Å². The van der Waals surface area contributed by atoms with Gasteiger partial charge < -0.3 is 18.6 Å². The van der Waals surface area contributed by atoms with Crippen LogP contribution < -0.4 is 5.32 Å². The highest BCUT2D eigenvalue weighted by atomic mass is 16.3. The van der Waals surface area contributed by atoms with Crippen LogP contribution >= 0.6 is 0 Å². The number of fused-ring (bicyclic) bond motifs is 9. The van der Waals surface area contributed by atoms with Crippen molar-refractivity contribution in [2.75, 3.05) is 6.54 Å². The van der Waals surface area contributed by atoms with Crippen LogP contribution in [0.5, 0.6) is 0 Å². The van der Waals surface area contributed by atoms with Crippen molar-refractivity contribution >= 4 is 83.0 Å². The van der Waals surface area contributed by atoms with Gasteiger partial charge in [0.05, 0.1) is 0 Å². The molecule has 0 saturated carbocycles. The summed E-state index contributed by atoms with van der Waals surface area (Å²) in [4.78, 5) is 0. The molecule has 0 saturated heterocycles. The van der Waals surface area contributed by atoms with Crippen molar-refractivity contribution in [3.8, 4) is 11.1 Å². The molecule has 3 aromatic heterocycles. The van der Waals surface area contributed by atoms with Crippen molar-refractivity contribution in [2.45, 2.75) is 13.8 Å². The van der Waals surface area contributed by atoms with Crippen molar-refractivity contribution in [3.05, 3.63) is 212 Å². The van der Waals surface area contributed by atoms with Crippen molar-refractivity contribution in [3.63, 3.8) is 0 Å². The summed E-state index contributed by atoms with van der Waals surface area (Å²) in [5.41, 5.74) is 12.7. The lowest BCUT2D eigenvalue weighted by Gasteiger charge is -2.07. The van der Waals surface area contributed by atoms with Gasteiger partial charge in [-0.15, -0.1) is 0 Å². The molecule has 10 rings (SSSR count). The van der Waals surface area contributed by atoms with Crippen LogP contribution in [0.2, 0.25) is 0 Å². The average Bonchev–Trinajstić information content (AvgIpc) is 3.99. The minimum absolute atomic E-state index is 0.585. The minimum atomic E-state index is 0.585. The molecule has 10 aromatic rings. The Labute approximate surface area is 343 Å². The van der Waals surface area contributed by atoms with Crippen LogP contribution in [0.4, 0.5) is 0 Å². The molecule has 0 fully saturated rings. The van der Waals surface area contributed by atoms with Crippen molar-refractivity contribution in [1.82, 2.24) is 5.32 Å². The van der Waals surface area contributed by atoms with E-state index in [0.717, 1.165) is 105 Å². The van der Waals surface area contributed by atoms with E-state index in [9.17, 15) is 0 Å². The van der Waals surface area contributed by atoms with E-state index in [-0.39, 0.29) is 0 Å². The standard InChI is InChI=1S/C53H37NO3.C2H6/c1-2-12-36(40-18-10-20-45-42-15-3-7-23-49(42)56-52(40)45)29-31-54-32-30-37(41-19-11-21-46-43-16-4-8-24-50(43)57-53(41)46)26-25-35-13-9-14-38(33-35)39-27-28-51-47(34-39)44-17-5-6-22-48(44)55-51;1-2/h2-31,33-34,54H,1,32H2;1-2H3/b26-25-,31-29-,36-12+,37-30+;. The van der Waals surface area contributed by atoms with Crippen molar-refractivity contribution < 1.29 is 13.3 Å². The predicted molar refractivity (Wildman–Crippen MR) is 250 cm³/mol. The van der Waals surface area contributed by atoms with E-state index in [1.807, 2.05) is 74.7 Å². The first-order valence-electron chi connectivity index (χ1n) is 20.2. The first kappa shape index (κ1) is 37.0. The van der Waals surface area contributed by atoms with Crippen LogP contribution in [0, 0.1) is 0 Å². The molecular weight excluding hydrogens is 723 g/mol. The molecule has 1 N–H and O–H groups in total. The molecule has 4 heteroatoms. The number of furan rings is 3. The molecule has 0 aliphatic heterocycles. The molecule has 0 bridgehead atoms. The Balaban J connectivity index is 0.00000221. The molecule has 0 amide bonds. The lowest BCUT2D eigenvalue weighted by Crippen LogP contribution is -2.04. The molecule has 0 unspecified atom stereocenters. The Bertz CT molecular complexity index is 3270. The van der Waals surface area contributed by atoms with Crippen molar-refractivity contribution in [2.24, 2.45) is 0 Å². The Hall–Kier alpha value is -7.56. The summed E-state index contributed by atoms with van der Waals surface area (Å²) in [6, 6.07) is 52.3. The number of nitrogens with one attached hydrogen (secondary N) is 1. The topological polar surface area (TPSA) is 51.5 Å². The van der Waals surface area contributed by atoms with E-state index in [1.165, 1.54) is 0 Å². The largest absolute Gasteiger partial charge is 0.456 e. The molecule has 286 valence electrons. The quantitative estimate of drug-likeness (QED) is 0.111. The van der Waals surface area contributed by atoms with Gasteiger partial charge in [-0.1, -0.05) is 166 Å². The number of para-hydroxylation sites is 5. The van der Waals surface area contributed by atoms with Crippen LogP contribution in [0.1, 0.15) is 30.5 Å². The maximum atomic E-state index is 6.50. The maximum absolute atomic E-state index is 6.50. The average molecular weight is 766 g/mol. The number of rotatable bonds is 10. The third kappa shape index (κ3) is 7.17. The molecular formula is C55H43NO3. The summed E-state index contributed by atoms with van der Waals surface area (Å²) in [6.45, 7) is 8.57. The van der Waals surface area contributed by atoms with Gasteiger partial charge >= 0.3 is 0 Å². The van der Waals surface area contributed by atoms with Gasteiger partial charge in [-0.2, -0.15) is 0 Å². The molecule has 7 aromatic carbocycles. The second-order valence-electron chi connectivity index (χ2n) is 14.1. The van der Waals surface area contributed by atoms with Gasteiger partial charge in [-0.25, -0.2) is 0 Å². The molecule has 0 aliphatic rings. The molecule has 0 radical (unpaired) electrons. The predicted octanol–water partition coefficient (Wildman–Crippen LogP) is 15.5. The van der Waals surface area contributed by atoms with Crippen LogP contribution in [-0.2, 0) is 0 Å². The first-order valence-corrected chi connectivity index (χ1v) is 20.2. The monoisotopic (exact) mass is 765 g/mol. The summed E-state index contributed by atoms with van der Waals surface area (Å²) in [5, 5.41) is 10.2. The second kappa shape index (κ2) is 16.5. The zero-order valence-electron chi connectivity index (χ0n) is 33.1. The fraction of sp³-hybridized carbons (Fsp3) is 0.0545. The summed E-state index contributed by atoms with van der Waals surface area (Å²) in [6.07, 6.45) is 14.5. The van der Waals surface area contributed by atoms with Gasteiger partial charge in [-0.3, -0.25) is 0 Å². The minimum Gasteiger partial charge on any atom is -0.456 e. The summed E-state index contributed by atoms with van der Waals surface area (Å²) >= 11 is 0. The fourth-order valence-corrected chi connectivity index (χ4v) is 7.88. The molecule has 0 spiro atoms. The molecule has 59 heavy (non-hydrogen) atoms. The Morgan fingerprint density at radius 1 is 0.508 bits per heavy atom. The number of hydrogen-bond acceptors (Lipinski definition) is 4. The highest BCUT2D eigenvalue weighted by Crippen LogP contribution is 2.37. The molecule has 4 nitrogen and oxygen atoms in total. The van der Waals surface area contributed by atoms with E-state index in [4.69, 9.17) is 13.3 Å². The van der Waals surface area contributed by atoms with Crippen LogP contribution in [0.25, 0.3) is 94.2 Å². The number of benzene rings is 7. The smallest absolute Gasteiger partial charge is 0.143 e.